The topological polar surface area (TPSA) is 48.8 Å². The first-order chi connectivity index (χ1) is 5.24. The summed E-state index contributed by atoms with van der Waals surface area (Å²) in [6, 6.07) is 4.25. The second-order valence-corrected chi connectivity index (χ2v) is 2.70. The molecule has 3 nitrogen and oxygen atoms in total. The van der Waals surface area contributed by atoms with Crippen LogP contribution in [0.3, 0.4) is 0 Å². The third-order valence-electron chi connectivity index (χ3n) is 1.06. The lowest BCUT2D eigenvalue weighted by atomic mass is 10.3. The van der Waals surface area contributed by atoms with Gasteiger partial charge in [-0.05, 0) is 23.7 Å². The number of hydrogen-bond acceptors (Lipinski definition) is 1. The third kappa shape index (κ3) is 1.93. The lowest BCUT2D eigenvalue weighted by molar-refractivity contribution is 0.629. The van der Waals surface area contributed by atoms with Crippen LogP contribution in [-0.4, -0.2) is 0 Å². The van der Waals surface area contributed by atoms with Gasteiger partial charge in [-0.15, -0.1) is 0 Å². The molecule has 1 aromatic carbocycles. The van der Waals surface area contributed by atoms with E-state index in [1.165, 1.54) is 12.1 Å². The van der Waals surface area contributed by atoms with Gasteiger partial charge in [0.2, 0.25) is 0 Å². The average Bonchev–Trinajstić information content (AvgIpc) is 1.95. The molecule has 1 rings (SSSR count). The average molecular weight is 216 g/mol. The van der Waals surface area contributed by atoms with Crippen molar-refractivity contribution in [1.82, 2.24) is 0 Å². The fraction of sp³-hybridized carbons (Fsp3) is 0. The van der Waals surface area contributed by atoms with Crippen molar-refractivity contribution in [3.63, 3.8) is 0 Å². The van der Waals surface area contributed by atoms with E-state index in [-0.39, 0.29) is 5.69 Å². The molecule has 5 heteroatoms. The van der Waals surface area contributed by atoms with E-state index in [1.54, 1.807) is 6.07 Å². The summed E-state index contributed by atoms with van der Waals surface area (Å²) in [5, 5.41) is 3.13. The van der Waals surface area contributed by atoms with Gasteiger partial charge in [0.05, 0.1) is 5.69 Å². The van der Waals surface area contributed by atoms with E-state index in [0.29, 0.717) is 4.47 Å². The molecule has 56 valence electrons. The van der Waals surface area contributed by atoms with Gasteiger partial charge in [-0.2, -0.15) is 0 Å². The van der Waals surface area contributed by atoms with Gasteiger partial charge in [0.15, 0.2) is 0 Å². The number of benzene rings is 1. The summed E-state index contributed by atoms with van der Waals surface area (Å²) >= 11 is 3.07. The predicted molar refractivity (Wildman–Crippen MR) is 42.9 cm³/mol. The van der Waals surface area contributed by atoms with Crippen molar-refractivity contribution in [2.45, 2.75) is 0 Å². The Morgan fingerprint density at radius 1 is 1.55 bits per heavy atom. The van der Waals surface area contributed by atoms with Crippen LogP contribution in [0.15, 0.2) is 27.8 Å². The molecular formula is C6H3BrFN3. The number of hydrogen-bond donors (Lipinski definition) is 0. The van der Waals surface area contributed by atoms with Crippen molar-refractivity contribution in [2.24, 2.45) is 5.11 Å². The quantitative estimate of drug-likeness (QED) is 0.391. The molecule has 0 spiro atoms. The van der Waals surface area contributed by atoms with E-state index in [1.807, 2.05) is 0 Å². The molecule has 0 fully saturated rings. The monoisotopic (exact) mass is 215 g/mol. The Bertz CT molecular complexity index is 320. The van der Waals surface area contributed by atoms with E-state index in [2.05, 4.69) is 26.0 Å². The van der Waals surface area contributed by atoms with Gasteiger partial charge in [0.25, 0.3) is 0 Å². The van der Waals surface area contributed by atoms with E-state index >= 15 is 0 Å². The number of halogens is 2. The van der Waals surface area contributed by atoms with Crippen LogP contribution in [-0.2, 0) is 0 Å². The van der Waals surface area contributed by atoms with Gasteiger partial charge in [0, 0.05) is 9.38 Å². The van der Waals surface area contributed by atoms with Crippen LogP contribution in [0.5, 0.6) is 0 Å². The maximum Gasteiger partial charge on any atom is 0.133 e. The molecule has 0 saturated heterocycles. The van der Waals surface area contributed by atoms with Crippen molar-refractivity contribution in [3.05, 3.63) is 38.9 Å². The first kappa shape index (κ1) is 8.04. The molecule has 0 amide bonds. The lowest BCUT2D eigenvalue weighted by Crippen LogP contribution is -1.73. The summed E-state index contributed by atoms with van der Waals surface area (Å²) in [6.07, 6.45) is 0. The van der Waals surface area contributed by atoms with Gasteiger partial charge in [-0.25, -0.2) is 4.39 Å². The highest BCUT2D eigenvalue weighted by atomic mass is 79.9. The minimum Gasteiger partial charge on any atom is -0.206 e. The SMILES string of the molecule is [N-]=[N+]=Nc1ccc(Br)cc1F. The predicted octanol–water partition coefficient (Wildman–Crippen LogP) is 3.53. The van der Waals surface area contributed by atoms with Crippen molar-refractivity contribution in [2.75, 3.05) is 0 Å². The first-order valence-corrected chi connectivity index (χ1v) is 3.53. The number of azide groups is 1. The molecule has 0 N–H and O–H groups in total. The minimum atomic E-state index is -0.530. The molecule has 11 heavy (non-hydrogen) atoms. The Hall–Kier alpha value is -1.06. The normalized spacial score (nSPS) is 8.91. The summed E-state index contributed by atoms with van der Waals surface area (Å²) in [5.41, 5.74) is 8.00. The molecule has 0 saturated carbocycles. The standard InChI is InChI=1S/C6H3BrFN3/c7-4-1-2-6(10-11-9)5(8)3-4/h1-3H. The van der Waals surface area contributed by atoms with Crippen LogP contribution in [0, 0.1) is 5.82 Å². The molecule has 1 aromatic rings. The van der Waals surface area contributed by atoms with Crippen LogP contribution in [0.25, 0.3) is 10.4 Å². The maximum atomic E-state index is 12.7. The Kier molecular flexibility index (Phi) is 2.46. The van der Waals surface area contributed by atoms with Crippen molar-refractivity contribution in [1.29, 1.82) is 0 Å². The fourth-order valence-corrected chi connectivity index (χ4v) is 0.944. The molecule has 0 aliphatic heterocycles. The summed E-state index contributed by atoms with van der Waals surface area (Å²) in [7, 11) is 0. The van der Waals surface area contributed by atoms with Crippen LogP contribution >= 0.6 is 15.9 Å². The van der Waals surface area contributed by atoms with Crippen LogP contribution < -0.4 is 0 Å². The van der Waals surface area contributed by atoms with E-state index < -0.39 is 5.82 Å². The molecule has 0 aromatic heterocycles. The fourth-order valence-electron chi connectivity index (χ4n) is 0.611. The van der Waals surface area contributed by atoms with Gasteiger partial charge in [0.1, 0.15) is 5.82 Å². The Labute approximate surface area is 70.6 Å². The summed E-state index contributed by atoms with van der Waals surface area (Å²) < 4.78 is 13.4. The smallest absolute Gasteiger partial charge is 0.133 e. The van der Waals surface area contributed by atoms with Gasteiger partial charge in [-0.3, -0.25) is 0 Å². The Morgan fingerprint density at radius 2 is 2.27 bits per heavy atom. The molecule has 0 aliphatic carbocycles. The number of rotatable bonds is 1. The zero-order valence-corrected chi connectivity index (χ0v) is 6.92. The minimum absolute atomic E-state index is 0.00991. The van der Waals surface area contributed by atoms with Crippen molar-refractivity contribution in [3.8, 4) is 0 Å². The molecule has 0 bridgehead atoms. The second kappa shape index (κ2) is 3.37. The zero-order chi connectivity index (χ0) is 8.27. The first-order valence-electron chi connectivity index (χ1n) is 2.74. The zero-order valence-electron chi connectivity index (χ0n) is 5.33. The lowest BCUT2D eigenvalue weighted by Gasteiger charge is -1.93. The summed E-state index contributed by atoms with van der Waals surface area (Å²) in [6.45, 7) is 0. The largest absolute Gasteiger partial charge is 0.206 e. The second-order valence-electron chi connectivity index (χ2n) is 1.79. The molecular weight excluding hydrogens is 213 g/mol. The highest BCUT2D eigenvalue weighted by molar-refractivity contribution is 9.10. The van der Waals surface area contributed by atoms with Gasteiger partial charge < -0.3 is 0 Å². The van der Waals surface area contributed by atoms with Crippen LogP contribution in [0.4, 0.5) is 10.1 Å². The molecule has 0 aliphatic rings. The Balaban J connectivity index is 3.19. The van der Waals surface area contributed by atoms with Crippen molar-refractivity contribution >= 4 is 21.6 Å². The van der Waals surface area contributed by atoms with Crippen molar-refractivity contribution < 1.29 is 4.39 Å². The molecule has 0 radical (unpaired) electrons. The molecule has 0 unspecified atom stereocenters. The highest BCUT2D eigenvalue weighted by Crippen LogP contribution is 2.21. The van der Waals surface area contributed by atoms with Gasteiger partial charge >= 0.3 is 0 Å². The highest BCUT2D eigenvalue weighted by Gasteiger charge is 1.98. The van der Waals surface area contributed by atoms with E-state index in [4.69, 9.17) is 5.53 Å². The number of nitrogens with zero attached hydrogens (tertiary/aromatic N) is 3. The van der Waals surface area contributed by atoms with Gasteiger partial charge in [-0.1, -0.05) is 21.0 Å². The van der Waals surface area contributed by atoms with E-state index in [9.17, 15) is 4.39 Å². The maximum absolute atomic E-state index is 12.7. The van der Waals surface area contributed by atoms with E-state index in [0.717, 1.165) is 0 Å². The van der Waals surface area contributed by atoms with Crippen LogP contribution in [0.1, 0.15) is 0 Å². The summed E-state index contributed by atoms with van der Waals surface area (Å²) in [4.78, 5) is 2.47. The Morgan fingerprint density at radius 3 is 2.82 bits per heavy atom. The van der Waals surface area contributed by atoms with Crippen LogP contribution in [0.2, 0.25) is 0 Å². The summed E-state index contributed by atoms with van der Waals surface area (Å²) in [5.74, 6) is -0.530. The molecule has 0 atom stereocenters. The molecule has 0 heterocycles. The third-order valence-corrected chi connectivity index (χ3v) is 1.56.